The molecule has 0 heterocycles. The summed E-state index contributed by atoms with van der Waals surface area (Å²) in [7, 11) is 1.44. The molecular weight excluding hydrogens is 372 g/mol. The lowest BCUT2D eigenvalue weighted by molar-refractivity contribution is -0.140. The molecule has 1 aromatic carbocycles. The summed E-state index contributed by atoms with van der Waals surface area (Å²) in [5.74, 6) is 1.48. The second-order valence-corrected chi connectivity index (χ2v) is 9.05. The Kier molecular flexibility index (Phi) is 11.0. The number of aliphatic hydroxyl groups excluding tert-OH is 2. The number of esters is 1. The molecule has 0 radical (unpaired) electrons. The van der Waals surface area contributed by atoms with Gasteiger partial charge in [0.1, 0.15) is 0 Å². The smallest absolute Gasteiger partial charge is 0.305 e. The van der Waals surface area contributed by atoms with Crippen molar-refractivity contribution in [2.24, 2.45) is 11.8 Å². The first-order chi connectivity index (χ1) is 13.6. The highest BCUT2D eigenvalue weighted by Gasteiger charge is 2.34. The van der Waals surface area contributed by atoms with Crippen LogP contribution in [-0.4, -0.2) is 41.3 Å². The summed E-state index contributed by atoms with van der Waals surface area (Å²) in [6.07, 6.45) is 9.04. The van der Waals surface area contributed by atoms with E-state index >= 15 is 0 Å². The van der Waals surface area contributed by atoms with Gasteiger partial charge in [-0.1, -0.05) is 43.9 Å². The SMILES string of the molecule is COC(=O)CCCCCCC1CC[C@@H](O)C1CCC(O)CSc1ccccc1. The number of hydrogen-bond acceptors (Lipinski definition) is 5. The van der Waals surface area contributed by atoms with Gasteiger partial charge in [0.2, 0.25) is 0 Å². The van der Waals surface area contributed by atoms with Crippen molar-refractivity contribution in [2.75, 3.05) is 12.9 Å². The Hall–Kier alpha value is -1.04. The molecule has 5 heteroatoms. The van der Waals surface area contributed by atoms with E-state index in [0.29, 0.717) is 24.0 Å². The van der Waals surface area contributed by atoms with Crippen LogP contribution in [0.4, 0.5) is 0 Å². The summed E-state index contributed by atoms with van der Waals surface area (Å²) in [5, 5.41) is 20.7. The van der Waals surface area contributed by atoms with Crippen LogP contribution in [0, 0.1) is 11.8 Å². The van der Waals surface area contributed by atoms with Crippen LogP contribution in [-0.2, 0) is 9.53 Å². The Bertz CT molecular complexity index is 551. The van der Waals surface area contributed by atoms with Gasteiger partial charge in [-0.3, -0.25) is 4.79 Å². The van der Waals surface area contributed by atoms with Gasteiger partial charge in [-0.05, 0) is 56.1 Å². The maximum Gasteiger partial charge on any atom is 0.305 e. The molecule has 1 saturated carbocycles. The predicted molar refractivity (Wildman–Crippen MR) is 114 cm³/mol. The van der Waals surface area contributed by atoms with Gasteiger partial charge >= 0.3 is 5.97 Å². The maximum absolute atomic E-state index is 11.1. The highest BCUT2D eigenvalue weighted by Crippen LogP contribution is 2.39. The summed E-state index contributed by atoms with van der Waals surface area (Å²) >= 11 is 1.69. The van der Waals surface area contributed by atoms with Crippen molar-refractivity contribution in [3.05, 3.63) is 30.3 Å². The van der Waals surface area contributed by atoms with E-state index < -0.39 is 0 Å². The molecule has 2 N–H and O–H groups in total. The second-order valence-electron chi connectivity index (χ2n) is 7.95. The molecule has 1 aromatic rings. The third kappa shape index (κ3) is 8.54. The van der Waals surface area contributed by atoms with Crippen molar-refractivity contribution in [1.29, 1.82) is 0 Å². The first-order valence-corrected chi connectivity index (χ1v) is 11.7. The zero-order valence-corrected chi connectivity index (χ0v) is 17.9. The second kappa shape index (κ2) is 13.2. The number of carbonyl (C=O) groups is 1. The fourth-order valence-corrected chi connectivity index (χ4v) is 5.12. The van der Waals surface area contributed by atoms with Crippen LogP contribution in [0.2, 0.25) is 0 Å². The standard InChI is InChI=1S/C23H36O4S/c1-27-23(26)12-8-3-2-5-9-18-13-16-22(25)21(18)15-14-19(24)17-28-20-10-6-4-7-11-20/h4,6-7,10-11,18-19,21-22,24-25H,2-3,5,8-9,12-17H2,1H3/t18?,19?,21?,22-/m1/s1. The predicted octanol–water partition coefficient (Wildman–Crippen LogP) is 4.82. The Morgan fingerprint density at radius 1 is 1.14 bits per heavy atom. The first kappa shape index (κ1) is 23.2. The molecule has 4 atom stereocenters. The number of aliphatic hydroxyl groups is 2. The molecule has 2 rings (SSSR count). The molecule has 3 unspecified atom stereocenters. The van der Waals surface area contributed by atoms with E-state index in [1.807, 2.05) is 18.2 Å². The molecule has 1 aliphatic rings. The van der Waals surface area contributed by atoms with E-state index in [4.69, 9.17) is 0 Å². The molecule has 0 bridgehead atoms. The van der Waals surface area contributed by atoms with Gasteiger partial charge in [0.25, 0.3) is 0 Å². The molecule has 0 amide bonds. The monoisotopic (exact) mass is 408 g/mol. The van der Waals surface area contributed by atoms with E-state index in [-0.39, 0.29) is 18.2 Å². The molecule has 1 aliphatic carbocycles. The number of benzene rings is 1. The molecule has 0 aliphatic heterocycles. The quantitative estimate of drug-likeness (QED) is 0.278. The van der Waals surface area contributed by atoms with Crippen LogP contribution in [0.5, 0.6) is 0 Å². The number of methoxy groups -OCH3 is 1. The molecular formula is C23H36O4S. The number of thioether (sulfide) groups is 1. The Labute approximate surface area is 174 Å². The number of carbonyl (C=O) groups excluding carboxylic acids is 1. The molecule has 1 fully saturated rings. The van der Waals surface area contributed by atoms with Crippen molar-refractivity contribution < 1.29 is 19.7 Å². The van der Waals surface area contributed by atoms with Crippen molar-refractivity contribution >= 4 is 17.7 Å². The van der Waals surface area contributed by atoms with Gasteiger partial charge in [-0.15, -0.1) is 11.8 Å². The topological polar surface area (TPSA) is 66.8 Å². The van der Waals surface area contributed by atoms with Crippen LogP contribution in [0.1, 0.15) is 64.2 Å². The van der Waals surface area contributed by atoms with Gasteiger partial charge in [0.15, 0.2) is 0 Å². The maximum atomic E-state index is 11.1. The molecule has 4 nitrogen and oxygen atoms in total. The summed E-state index contributed by atoms with van der Waals surface area (Å²) in [6.45, 7) is 0. The molecule has 158 valence electrons. The van der Waals surface area contributed by atoms with E-state index in [2.05, 4.69) is 16.9 Å². The van der Waals surface area contributed by atoms with E-state index in [1.165, 1.54) is 12.0 Å². The number of hydrogen-bond donors (Lipinski definition) is 2. The average Bonchev–Trinajstić information content (AvgIpc) is 3.07. The third-order valence-corrected chi connectivity index (χ3v) is 7.04. The highest BCUT2D eigenvalue weighted by molar-refractivity contribution is 7.99. The minimum absolute atomic E-state index is 0.122. The van der Waals surface area contributed by atoms with Gasteiger partial charge in [0.05, 0.1) is 19.3 Å². The minimum atomic E-state index is -0.322. The Morgan fingerprint density at radius 3 is 2.64 bits per heavy atom. The van der Waals surface area contributed by atoms with Gasteiger partial charge in [-0.2, -0.15) is 0 Å². The van der Waals surface area contributed by atoms with Crippen LogP contribution >= 0.6 is 11.8 Å². The number of rotatable bonds is 13. The van der Waals surface area contributed by atoms with Crippen LogP contribution in [0.15, 0.2) is 35.2 Å². The fourth-order valence-electron chi connectivity index (χ4n) is 4.22. The highest BCUT2D eigenvalue weighted by atomic mass is 32.2. The number of ether oxygens (including phenoxy) is 1. The summed E-state index contributed by atoms with van der Waals surface area (Å²) in [6, 6.07) is 10.2. The lowest BCUT2D eigenvalue weighted by atomic mass is 9.86. The van der Waals surface area contributed by atoms with E-state index in [9.17, 15) is 15.0 Å². The Balaban J connectivity index is 1.61. The van der Waals surface area contributed by atoms with Crippen molar-refractivity contribution in [1.82, 2.24) is 0 Å². The first-order valence-electron chi connectivity index (χ1n) is 10.7. The minimum Gasteiger partial charge on any atom is -0.469 e. The Morgan fingerprint density at radius 2 is 1.89 bits per heavy atom. The zero-order valence-electron chi connectivity index (χ0n) is 17.1. The lowest BCUT2D eigenvalue weighted by Gasteiger charge is -2.23. The van der Waals surface area contributed by atoms with Crippen LogP contribution < -0.4 is 0 Å². The van der Waals surface area contributed by atoms with Gasteiger partial charge in [0, 0.05) is 17.1 Å². The summed E-state index contributed by atoms with van der Waals surface area (Å²) in [5.41, 5.74) is 0. The van der Waals surface area contributed by atoms with Gasteiger partial charge < -0.3 is 14.9 Å². The van der Waals surface area contributed by atoms with Crippen molar-refractivity contribution in [3.63, 3.8) is 0 Å². The average molecular weight is 409 g/mol. The normalized spacial score (nSPS) is 22.9. The largest absolute Gasteiger partial charge is 0.469 e. The molecule has 0 spiro atoms. The zero-order chi connectivity index (χ0) is 20.2. The molecule has 28 heavy (non-hydrogen) atoms. The molecule has 0 saturated heterocycles. The van der Waals surface area contributed by atoms with Crippen molar-refractivity contribution in [2.45, 2.75) is 81.3 Å². The summed E-state index contributed by atoms with van der Waals surface area (Å²) in [4.78, 5) is 12.3. The third-order valence-electron chi connectivity index (χ3n) is 5.89. The molecule has 0 aromatic heterocycles. The van der Waals surface area contributed by atoms with E-state index in [0.717, 1.165) is 57.8 Å². The van der Waals surface area contributed by atoms with Gasteiger partial charge in [-0.25, -0.2) is 0 Å². The van der Waals surface area contributed by atoms with Crippen LogP contribution in [0.25, 0.3) is 0 Å². The van der Waals surface area contributed by atoms with E-state index in [1.54, 1.807) is 11.8 Å². The lowest BCUT2D eigenvalue weighted by Crippen LogP contribution is -2.22. The summed E-state index contributed by atoms with van der Waals surface area (Å²) < 4.78 is 4.66. The number of unbranched alkanes of at least 4 members (excludes halogenated alkanes) is 3. The van der Waals surface area contributed by atoms with Crippen LogP contribution in [0.3, 0.4) is 0 Å². The van der Waals surface area contributed by atoms with Crippen molar-refractivity contribution in [3.8, 4) is 0 Å². The fraction of sp³-hybridized carbons (Fsp3) is 0.696.